The molecule has 0 atom stereocenters. The van der Waals surface area contributed by atoms with Crippen molar-refractivity contribution in [3.63, 3.8) is 0 Å². The van der Waals surface area contributed by atoms with Crippen molar-refractivity contribution in [1.82, 2.24) is 0 Å². The summed E-state index contributed by atoms with van der Waals surface area (Å²) in [5.74, 6) is -0.385. The number of carbonyl (C=O) groups is 1. The number of para-hydroxylation sites is 1. The van der Waals surface area contributed by atoms with Crippen LogP contribution in [0.5, 0.6) is 0 Å². The van der Waals surface area contributed by atoms with E-state index in [1.54, 1.807) is 6.07 Å². The molecule has 1 aliphatic rings. The lowest BCUT2D eigenvalue weighted by Crippen LogP contribution is -2.24. The minimum atomic E-state index is -0.542. The Morgan fingerprint density at radius 3 is 2.65 bits per heavy atom. The molecule has 2 aromatic carbocycles. The SMILES string of the molecule is CC(C)(C)OC(=O)c1cc(N2CCc3ccccc32)ccc1N. The molecular formula is C19H22N2O2. The number of nitrogens with zero attached hydrogens (tertiary/aromatic N) is 1. The van der Waals surface area contributed by atoms with E-state index >= 15 is 0 Å². The Balaban J connectivity index is 1.94. The summed E-state index contributed by atoms with van der Waals surface area (Å²) in [5, 5.41) is 0. The Hall–Kier alpha value is -2.49. The molecule has 4 nitrogen and oxygen atoms in total. The van der Waals surface area contributed by atoms with Crippen LogP contribution in [0.2, 0.25) is 0 Å². The molecule has 0 fully saturated rings. The fourth-order valence-corrected chi connectivity index (χ4v) is 2.83. The van der Waals surface area contributed by atoms with Gasteiger partial charge in [-0.05, 0) is 57.0 Å². The monoisotopic (exact) mass is 310 g/mol. The van der Waals surface area contributed by atoms with E-state index in [-0.39, 0.29) is 5.97 Å². The van der Waals surface area contributed by atoms with Crippen LogP contribution in [0, 0.1) is 0 Å². The number of nitrogen functional groups attached to an aromatic ring is 1. The van der Waals surface area contributed by atoms with E-state index in [1.807, 2.05) is 39.0 Å². The van der Waals surface area contributed by atoms with E-state index in [2.05, 4.69) is 23.1 Å². The van der Waals surface area contributed by atoms with Crippen molar-refractivity contribution in [3.05, 3.63) is 53.6 Å². The molecule has 0 unspecified atom stereocenters. The van der Waals surface area contributed by atoms with Crippen molar-refractivity contribution in [3.8, 4) is 0 Å². The second-order valence-corrected chi connectivity index (χ2v) is 6.80. The number of ether oxygens (including phenoxy) is 1. The normalized spacial score (nSPS) is 13.8. The smallest absolute Gasteiger partial charge is 0.340 e. The van der Waals surface area contributed by atoms with Crippen LogP contribution in [0.1, 0.15) is 36.7 Å². The van der Waals surface area contributed by atoms with Crippen LogP contribution in [-0.2, 0) is 11.2 Å². The van der Waals surface area contributed by atoms with Gasteiger partial charge in [0.05, 0.1) is 5.56 Å². The van der Waals surface area contributed by atoms with Crippen molar-refractivity contribution >= 4 is 23.0 Å². The second-order valence-electron chi connectivity index (χ2n) is 6.80. The molecule has 2 N–H and O–H groups in total. The van der Waals surface area contributed by atoms with Gasteiger partial charge in [0.25, 0.3) is 0 Å². The topological polar surface area (TPSA) is 55.6 Å². The first-order valence-electron chi connectivity index (χ1n) is 7.83. The van der Waals surface area contributed by atoms with Gasteiger partial charge >= 0.3 is 5.97 Å². The van der Waals surface area contributed by atoms with E-state index in [4.69, 9.17) is 10.5 Å². The lowest BCUT2D eigenvalue weighted by molar-refractivity contribution is 0.00708. The van der Waals surface area contributed by atoms with Crippen molar-refractivity contribution in [2.24, 2.45) is 0 Å². The van der Waals surface area contributed by atoms with Crippen LogP contribution in [0.25, 0.3) is 0 Å². The number of esters is 1. The Labute approximate surface area is 136 Å². The maximum Gasteiger partial charge on any atom is 0.340 e. The zero-order valence-electron chi connectivity index (χ0n) is 13.8. The van der Waals surface area contributed by atoms with Gasteiger partial charge in [0.1, 0.15) is 5.60 Å². The molecule has 1 aliphatic heterocycles. The molecular weight excluding hydrogens is 288 g/mol. The lowest BCUT2D eigenvalue weighted by Gasteiger charge is -2.23. The van der Waals surface area contributed by atoms with Gasteiger partial charge < -0.3 is 15.4 Å². The second kappa shape index (κ2) is 5.61. The van der Waals surface area contributed by atoms with E-state index in [9.17, 15) is 4.79 Å². The molecule has 120 valence electrons. The summed E-state index contributed by atoms with van der Waals surface area (Å²) in [6.45, 7) is 6.45. The lowest BCUT2D eigenvalue weighted by atomic mass is 10.1. The number of anilines is 3. The standard InChI is InChI=1S/C19H22N2O2/c1-19(2,3)23-18(22)15-12-14(8-9-16(15)20)21-11-10-13-6-4-5-7-17(13)21/h4-9,12H,10-11,20H2,1-3H3. The molecule has 0 radical (unpaired) electrons. The summed E-state index contributed by atoms with van der Waals surface area (Å²) in [5.41, 5.74) is 9.77. The first kappa shape index (κ1) is 15.4. The highest BCUT2D eigenvalue weighted by molar-refractivity contribution is 5.97. The quantitative estimate of drug-likeness (QED) is 0.675. The van der Waals surface area contributed by atoms with Gasteiger partial charge in [0.2, 0.25) is 0 Å². The molecule has 0 bridgehead atoms. The molecule has 0 aromatic heterocycles. The number of rotatable bonds is 2. The maximum absolute atomic E-state index is 12.4. The fourth-order valence-electron chi connectivity index (χ4n) is 2.83. The maximum atomic E-state index is 12.4. The number of benzene rings is 2. The number of fused-ring (bicyclic) bond motifs is 1. The van der Waals surface area contributed by atoms with Gasteiger partial charge in [-0.15, -0.1) is 0 Å². The molecule has 0 spiro atoms. The molecule has 0 amide bonds. The van der Waals surface area contributed by atoms with Crippen molar-refractivity contribution in [1.29, 1.82) is 0 Å². The van der Waals surface area contributed by atoms with E-state index in [0.717, 1.165) is 18.7 Å². The van der Waals surface area contributed by atoms with Crippen molar-refractivity contribution in [2.45, 2.75) is 32.8 Å². The van der Waals surface area contributed by atoms with E-state index < -0.39 is 5.60 Å². The summed E-state index contributed by atoms with van der Waals surface area (Å²) in [6.07, 6.45) is 1.00. The van der Waals surface area contributed by atoms with Gasteiger partial charge in [0.15, 0.2) is 0 Å². The summed E-state index contributed by atoms with van der Waals surface area (Å²) >= 11 is 0. The Morgan fingerprint density at radius 2 is 1.91 bits per heavy atom. The molecule has 0 saturated carbocycles. The zero-order valence-corrected chi connectivity index (χ0v) is 13.8. The number of hydrogen-bond donors (Lipinski definition) is 1. The number of hydrogen-bond acceptors (Lipinski definition) is 4. The predicted molar refractivity (Wildman–Crippen MR) is 93.2 cm³/mol. The molecule has 2 aromatic rings. The third-order valence-corrected chi connectivity index (χ3v) is 3.85. The first-order chi connectivity index (χ1) is 10.8. The van der Waals surface area contributed by atoms with Gasteiger partial charge in [-0.25, -0.2) is 4.79 Å². The van der Waals surface area contributed by atoms with E-state index in [0.29, 0.717) is 11.3 Å². The summed E-state index contributed by atoms with van der Waals surface area (Å²) in [6, 6.07) is 13.9. The highest BCUT2D eigenvalue weighted by atomic mass is 16.6. The largest absolute Gasteiger partial charge is 0.456 e. The van der Waals surface area contributed by atoms with Crippen molar-refractivity contribution < 1.29 is 9.53 Å². The fraction of sp³-hybridized carbons (Fsp3) is 0.316. The highest BCUT2D eigenvalue weighted by Gasteiger charge is 2.23. The Kier molecular flexibility index (Phi) is 3.76. The van der Waals surface area contributed by atoms with Gasteiger partial charge in [0, 0.05) is 23.6 Å². The molecule has 0 aliphatic carbocycles. The summed E-state index contributed by atoms with van der Waals surface area (Å²) in [7, 11) is 0. The minimum absolute atomic E-state index is 0.385. The minimum Gasteiger partial charge on any atom is -0.456 e. The van der Waals surface area contributed by atoms with Gasteiger partial charge in [-0.3, -0.25) is 0 Å². The molecule has 23 heavy (non-hydrogen) atoms. The van der Waals surface area contributed by atoms with Crippen LogP contribution in [0.3, 0.4) is 0 Å². The average molecular weight is 310 g/mol. The third kappa shape index (κ3) is 3.16. The molecule has 3 rings (SSSR count). The number of carbonyl (C=O) groups excluding carboxylic acids is 1. The number of nitrogens with two attached hydrogens (primary N) is 1. The predicted octanol–water partition coefficient (Wildman–Crippen LogP) is 3.92. The zero-order chi connectivity index (χ0) is 16.6. The molecule has 0 saturated heterocycles. The van der Waals surface area contributed by atoms with Crippen LogP contribution >= 0.6 is 0 Å². The average Bonchev–Trinajstić information content (AvgIpc) is 2.90. The van der Waals surface area contributed by atoms with Crippen molar-refractivity contribution in [2.75, 3.05) is 17.2 Å². The Bertz CT molecular complexity index is 747. The molecule has 1 heterocycles. The third-order valence-electron chi connectivity index (χ3n) is 3.85. The van der Waals surface area contributed by atoms with Gasteiger partial charge in [-0.2, -0.15) is 0 Å². The highest BCUT2D eigenvalue weighted by Crippen LogP contribution is 2.35. The molecule has 4 heteroatoms. The van der Waals surface area contributed by atoms with Crippen LogP contribution in [0.4, 0.5) is 17.1 Å². The first-order valence-corrected chi connectivity index (χ1v) is 7.83. The Morgan fingerprint density at radius 1 is 1.17 bits per heavy atom. The summed E-state index contributed by atoms with van der Waals surface area (Å²) in [4.78, 5) is 14.6. The summed E-state index contributed by atoms with van der Waals surface area (Å²) < 4.78 is 5.45. The van der Waals surface area contributed by atoms with Gasteiger partial charge in [-0.1, -0.05) is 18.2 Å². The van der Waals surface area contributed by atoms with E-state index in [1.165, 1.54) is 11.3 Å². The van der Waals surface area contributed by atoms with Crippen LogP contribution < -0.4 is 10.6 Å². The van der Waals surface area contributed by atoms with Crippen LogP contribution in [-0.4, -0.2) is 18.1 Å². The van der Waals surface area contributed by atoms with Crippen LogP contribution in [0.15, 0.2) is 42.5 Å².